The molecule has 0 rings (SSSR count). The highest BCUT2D eigenvalue weighted by molar-refractivity contribution is 5.78. The van der Waals surface area contributed by atoms with E-state index in [4.69, 9.17) is 10.5 Å². The lowest BCUT2D eigenvalue weighted by Crippen LogP contribution is -2.05. The first kappa shape index (κ1) is 12.7. The van der Waals surface area contributed by atoms with E-state index in [1.807, 2.05) is 6.92 Å². The molecule has 0 bridgehead atoms. The van der Waals surface area contributed by atoms with Gasteiger partial charge in [0.15, 0.2) is 11.6 Å². The van der Waals surface area contributed by atoms with Crippen LogP contribution in [-0.2, 0) is 4.74 Å². The van der Waals surface area contributed by atoms with Gasteiger partial charge in [-0.1, -0.05) is 6.92 Å². The lowest BCUT2D eigenvalue weighted by molar-refractivity contribution is 0.280. The molecule has 0 radical (unpaired) electrons. The van der Waals surface area contributed by atoms with Crippen molar-refractivity contribution in [3.8, 4) is 0 Å². The Kier molecular flexibility index (Phi) is 5.60. The van der Waals surface area contributed by atoms with Gasteiger partial charge in [0, 0.05) is 0 Å². The van der Waals surface area contributed by atoms with Crippen molar-refractivity contribution in [2.24, 2.45) is 10.7 Å². The number of halogens is 1. The largest absolute Gasteiger partial charge is 0.494 e. The van der Waals surface area contributed by atoms with Crippen LogP contribution in [0.4, 0.5) is 4.39 Å². The van der Waals surface area contributed by atoms with Crippen LogP contribution in [0.15, 0.2) is 28.4 Å². The lowest BCUT2D eigenvalue weighted by Gasteiger charge is -2.04. The summed E-state index contributed by atoms with van der Waals surface area (Å²) in [5, 5.41) is 0. The molecule has 0 heterocycles. The Balaban J connectivity index is 4.96. The Morgan fingerprint density at radius 2 is 2.07 bits per heavy atom. The predicted octanol–water partition coefficient (Wildman–Crippen LogP) is 2.50. The zero-order valence-electron chi connectivity index (χ0n) is 9.10. The standard InChI is InChI=1S/C10H17FN2O/c1-5-6-9(14-4)10(11)7(2)13-8(3)12/h6H,5H2,1-4H3,(H2,12,13)/b9-6-,10-7+. The van der Waals surface area contributed by atoms with E-state index >= 15 is 0 Å². The van der Waals surface area contributed by atoms with E-state index in [2.05, 4.69) is 4.99 Å². The third kappa shape index (κ3) is 4.07. The van der Waals surface area contributed by atoms with Crippen LogP contribution in [0.25, 0.3) is 0 Å². The zero-order valence-corrected chi connectivity index (χ0v) is 9.10. The van der Waals surface area contributed by atoms with Crippen molar-refractivity contribution >= 4 is 5.84 Å². The van der Waals surface area contributed by atoms with Gasteiger partial charge < -0.3 is 10.5 Å². The molecule has 0 fully saturated rings. The molecule has 0 saturated heterocycles. The molecule has 0 spiro atoms. The maximum atomic E-state index is 13.5. The quantitative estimate of drug-likeness (QED) is 0.328. The summed E-state index contributed by atoms with van der Waals surface area (Å²) in [6.07, 6.45) is 2.36. The third-order valence-electron chi connectivity index (χ3n) is 1.49. The molecule has 0 aromatic rings. The molecule has 0 amide bonds. The second-order valence-corrected chi connectivity index (χ2v) is 2.83. The van der Waals surface area contributed by atoms with E-state index in [1.54, 1.807) is 19.9 Å². The van der Waals surface area contributed by atoms with Crippen LogP contribution in [0.1, 0.15) is 27.2 Å². The number of ether oxygens (including phenoxy) is 1. The van der Waals surface area contributed by atoms with Crippen LogP contribution >= 0.6 is 0 Å². The van der Waals surface area contributed by atoms with Crippen molar-refractivity contribution in [1.29, 1.82) is 0 Å². The highest BCUT2D eigenvalue weighted by Gasteiger charge is 2.07. The van der Waals surface area contributed by atoms with Crippen LogP contribution < -0.4 is 5.73 Å². The van der Waals surface area contributed by atoms with Gasteiger partial charge in [0.1, 0.15) is 0 Å². The molecule has 2 N–H and O–H groups in total. The Hall–Kier alpha value is -1.32. The van der Waals surface area contributed by atoms with Gasteiger partial charge in [0.25, 0.3) is 0 Å². The van der Waals surface area contributed by atoms with Gasteiger partial charge in [-0.05, 0) is 26.3 Å². The normalized spacial score (nSPS) is 15.2. The molecule has 0 atom stereocenters. The first-order valence-electron chi connectivity index (χ1n) is 4.44. The summed E-state index contributed by atoms with van der Waals surface area (Å²) in [6, 6.07) is 0. The summed E-state index contributed by atoms with van der Waals surface area (Å²) in [7, 11) is 1.42. The van der Waals surface area contributed by atoms with Crippen molar-refractivity contribution in [3.63, 3.8) is 0 Å². The summed E-state index contributed by atoms with van der Waals surface area (Å²) in [6.45, 7) is 5.06. The van der Waals surface area contributed by atoms with Gasteiger partial charge in [0.2, 0.25) is 0 Å². The molecule has 0 unspecified atom stereocenters. The van der Waals surface area contributed by atoms with Gasteiger partial charge in [-0.2, -0.15) is 0 Å². The maximum Gasteiger partial charge on any atom is 0.185 e. The highest BCUT2D eigenvalue weighted by Crippen LogP contribution is 2.18. The predicted molar refractivity (Wildman–Crippen MR) is 56.5 cm³/mol. The van der Waals surface area contributed by atoms with E-state index in [-0.39, 0.29) is 11.5 Å². The molecule has 0 aliphatic rings. The molecule has 0 saturated carbocycles. The minimum Gasteiger partial charge on any atom is -0.494 e. The Morgan fingerprint density at radius 3 is 2.43 bits per heavy atom. The Bertz CT molecular complexity index is 276. The molecule has 4 heteroatoms. The molecule has 14 heavy (non-hydrogen) atoms. The number of aliphatic imine (C=N–C) groups is 1. The number of allylic oxidation sites excluding steroid dienone is 3. The number of nitrogens with two attached hydrogens (primary N) is 1. The fourth-order valence-corrected chi connectivity index (χ4v) is 0.940. The second-order valence-electron chi connectivity index (χ2n) is 2.83. The van der Waals surface area contributed by atoms with Gasteiger partial charge in [-0.3, -0.25) is 0 Å². The molecular weight excluding hydrogens is 183 g/mol. The molecule has 0 aromatic heterocycles. The fraction of sp³-hybridized carbons (Fsp3) is 0.500. The molecule has 3 nitrogen and oxygen atoms in total. The zero-order chi connectivity index (χ0) is 11.1. The van der Waals surface area contributed by atoms with Crippen molar-refractivity contribution in [1.82, 2.24) is 0 Å². The van der Waals surface area contributed by atoms with Crippen LogP contribution in [0.5, 0.6) is 0 Å². The number of amidine groups is 1. The van der Waals surface area contributed by atoms with Crippen molar-refractivity contribution in [2.75, 3.05) is 7.11 Å². The van der Waals surface area contributed by atoms with Gasteiger partial charge >= 0.3 is 0 Å². The average molecular weight is 200 g/mol. The van der Waals surface area contributed by atoms with Crippen LogP contribution in [0.2, 0.25) is 0 Å². The minimum absolute atomic E-state index is 0.204. The SMILES string of the molecule is CC/C=C(OC)/C(F)=C(/C)N=C(C)N. The highest BCUT2D eigenvalue weighted by atomic mass is 19.1. The Morgan fingerprint density at radius 1 is 1.50 bits per heavy atom. The van der Waals surface area contributed by atoms with Crippen LogP contribution in [-0.4, -0.2) is 12.9 Å². The van der Waals surface area contributed by atoms with E-state index in [1.165, 1.54) is 7.11 Å². The summed E-state index contributed by atoms with van der Waals surface area (Å²) in [5.41, 5.74) is 5.56. The van der Waals surface area contributed by atoms with E-state index < -0.39 is 5.83 Å². The first-order valence-corrected chi connectivity index (χ1v) is 4.44. The number of methoxy groups -OCH3 is 1. The van der Waals surface area contributed by atoms with E-state index in [0.717, 1.165) is 0 Å². The van der Waals surface area contributed by atoms with Crippen molar-refractivity contribution in [3.05, 3.63) is 23.4 Å². The minimum atomic E-state index is -0.473. The number of nitrogens with zero attached hydrogens (tertiary/aromatic N) is 1. The number of hydrogen-bond donors (Lipinski definition) is 1. The molecule has 80 valence electrons. The summed E-state index contributed by atoms with van der Waals surface area (Å²) >= 11 is 0. The number of hydrogen-bond acceptors (Lipinski definition) is 2. The van der Waals surface area contributed by atoms with Crippen molar-refractivity contribution < 1.29 is 9.13 Å². The van der Waals surface area contributed by atoms with Crippen LogP contribution in [0.3, 0.4) is 0 Å². The smallest absolute Gasteiger partial charge is 0.185 e. The van der Waals surface area contributed by atoms with Gasteiger partial charge in [-0.25, -0.2) is 9.38 Å². The van der Waals surface area contributed by atoms with Gasteiger partial charge in [0.05, 0.1) is 18.6 Å². The topological polar surface area (TPSA) is 47.6 Å². The average Bonchev–Trinajstić information content (AvgIpc) is 2.12. The lowest BCUT2D eigenvalue weighted by atomic mass is 10.3. The molecule has 0 aromatic carbocycles. The molecular formula is C10H17FN2O. The van der Waals surface area contributed by atoms with Crippen LogP contribution in [0, 0.1) is 0 Å². The van der Waals surface area contributed by atoms with E-state index in [9.17, 15) is 4.39 Å². The monoisotopic (exact) mass is 200 g/mol. The van der Waals surface area contributed by atoms with E-state index in [0.29, 0.717) is 12.3 Å². The Labute approximate surface area is 84.2 Å². The molecule has 0 aliphatic carbocycles. The third-order valence-corrected chi connectivity index (χ3v) is 1.49. The van der Waals surface area contributed by atoms with Gasteiger partial charge in [-0.15, -0.1) is 0 Å². The fourth-order valence-electron chi connectivity index (χ4n) is 0.940. The number of rotatable bonds is 4. The summed E-state index contributed by atoms with van der Waals surface area (Å²) in [5.74, 6) is 0.0544. The summed E-state index contributed by atoms with van der Waals surface area (Å²) in [4.78, 5) is 3.81. The first-order chi connectivity index (χ1) is 6.52. The maximum absolute atomic E-state index is 13.5. The molecule has 0 aliphatic heterocycles. The van der Waals surface area contributed by atoms with Crippen molar-refractivity contribution in [2.45, 2.75) is 27.2 Å². The second kappa shape index (κ2) is 6.18. The summed E-state index contributed by atoms with van der Waals surface area (Å²) < 4.78 is 18.4.